The number of ether oxygens (including phenoxy) is 2. The molecule has 5 nitrogen and oxygen atoms in total. The van der Waals surface area contributed by atoms with Crippen molar-refractivity contribution >= 4 is 5.91 Å². The maximum Gasteiger partial charge on any atom is 0.249 e. The van der Waals surface area contributed by atoms with E-state index in [1.54, 1.807) is 7.11 Å². The number of rotatable bonds is 8. The molecule has 0 saturated carbocycles. The maximum atomic E-state index is 11.7. The van der Waals surface area contributed by atoms with E-state index in [2.05, 4.69) is 17.6 Å². The van der Waals surface area contributed by atoms with Crippen molar-refractivity contribution in [3.63, 3.8) is 0 Å². The Hall–Kier alpha value is -0.650. The number of hydrogen-bond acceptors (Lipinski definition) is 4. The van der Waals surface area contributed by atoms with Gasteiger partial charge in [-0.3, -0.25) is 4.79 Å². The van der Waals surface area contributed by atoms with Crippen molar-refractivity contribution in [1.29, 1.82) is 0 Å². The first-order valence-electron chi connectivity index (χ1n) is 6.40. The van der Waals surface area contributed by atoms with Crippen molar-refractivity contribution in [2.45, 2.75) is 38.4 Å². The minimum Gasteiger partial charge on any atom is -0.383 e. The zero-order chi connectivity index (χ0) is 12.5. The Labute approximate surface area is 103 Å². The molecule has 0 aromatic rings. The normalized spacial score (nSPS) is 23.9. The lowest BCUT2D eigenvalue weighted by Crippen LogP contribution is -2.39. The van der Waals surface area contributed by atoms with Gasteiger partial charge in [0.05, 0.1) is 12.7 Å². The summed E-state index contributed by atoms with van der Waals surface area (Å²) in [5.74, 6) is 0.0227. The van der Waals surface area contributed by atoms with Gasteiger partial charge in [-0.05, 0) is 19.3 Å². The average molecular weight is 244 g/mol. The van der Waals surface area contributed by atoms with E-state index in [-0.39, 0.29) is 18.1 Å². The minimum absolute atomic E-state index is 0.0227. The van der Waals surface area contributed by atoms with Crippen LogP contribution in [-0.4, -0.2) is 51.5 Å². The van der Waals surface area contributed by atoms with Crippen LogP contribution < -0.4 is 10.6 Å². The van der Waals surface area contributed by atoms with Crippen LogP contribution in [0.5, 0.6) is 0 Å². The van der Waals surface area contributed by atoms with Gasteiger partial charge in [-0.15, -0.1) is 0 Å². The third-order valence-corrected chi connectivity index (χ3v) is 2.94. The van der Waals surface area contributed by atoms with Crippen LogP contribution in [-0.2, 0) is 14.3 Å². The molecule has 0 bridgehead atoms. The first-order valence-corrected chi connectivity index (χ1v) is 6.40. The molecular weight excluding hydrogens is 220 g/mol. The van der Waals surface area contributed by atoms with Gasteiger partial charge in [-0.1, -0.05) is 6.92 Å². The van der Waals surface area contributed by atoms with Crippen LogP contribution >= 0.6 is 0 Å². The molecule has 0 aromatic heterocycles. The zero-order valence-electron chi connectivity index (χ0n) is 10.8. The van der Waals surface area contributed by atoms with Crippen LogP contribution in [0.2, 0.25) is 0 Å². The smallest absolute Gasteiger partial charge is 0.249 e. The van der Waals surface area contributed by atoms with Crippen LogP contribution in [0.15, 0.2) is 0 Å². The highest BCUT2D eigenvalue weighted by Crippen LogP contribution is 2.21. The van der Waals surface area contributed by atoms with E-state index in [1.807, 2.05) is 0 Å². The van der Waals surface area contributed by atoms with Gasteiger partial charge in [-0.25, -0.2) is 0 Å². The fourth-order valence-electron chi connectivity index (χ4n) is 1.89. The number of carbonyl (C=O) groups excluding carboxylic acids is 1. The van der Waals surface area contributed by atoms with Crippen LogP contribution in [0.3, 0.4) is 0 Å². The fourth-order valence-corrected chi connectivity index (χ4v) is 1.89. The van der Waals surface area contributed by atoms with Crippen LogP contribution in [0.1, 0.15) is 26.2 Å². The first-order chi connectivity index (χ1) is 8.27. The highest BCUT2D eigenvalue weighted by atomic mass is 16.5. The molecule has 2 unspecified atom stereocenters. The highest BCUT2D eigenvalue weighted by molar-refractivity contribution is 5.80. The van der Waals surface area contributed by atoms with Crippen molar-refractivity contribution in [2.24, 2.45) is 0 Å². The summed E-state index contributed by atoms with van der Waals surface area (Å²) >= 11 is 0. The first kappa shape index (κ1) is 14.4. The molecule has 17 heavy (non-hydrogen) atoms. The van der Waals surface area contributed by atoms with Gasteiger partial charge >= 0.3 is 0 Å². The highest BCUT2D eigenvalue weighted by Gasteiger charge is 2.29. The molecule has 2 atom stereocenters. The molecular formula is C12H24N2O3. The Bertz CT molecular complexity index is 224. The van der Waals surface area contributed by atoms with Gasteiger partial charge < -0.3 is 20.1 Å². The summed E-state index contributed by atoms with van der Waals surface area (Å²) in [6, 6.07) is 0. The van der Waals surface area contributed by atoms with E-state index in [9.17, 15) is 4.79 Å². The summed E-state index contributed by atoms with van der Waals surface area (Å²) in [5, 5.41) is 6.05. The van der Waals surface area contributed by atoms with Crippen LogP contribution in [0, 0.1) is 0 Å². The van der Waals surface area contributed by atoms with Gasteiger partial charge in [0.25, 0.3) is 0 Å². The molecule has 1 saturated heterocycles. The van der Waals surface area contributed by atoms with Crippen LogP contribution in [0.4, 0.5) is 0 Å². The predicted octanol–water partition coefficient (Wildman–Crippen LogP) is 0.296. The van der Waals surface area contributed by atoms with E-state index in [1.165, 1.54) is 0 Å². The Balaban J connectivity index is 2.01. The Morgan fingerprint density at radius 2 is 2.18 bits per heavy atom. The number of hydrogen-bond donors (Lipinski definition) is 2. The molecule has 0 radical (unpaired) electrons. The third kappa shape index (κ3) is 5.48. The van der Waals surface area contributed by atoms with Crippen molar-refractivity contribution in [3.05, 3.63) is 0 Å². The summed E-state index contributed by atoms with van der Waals surface area (Å²) in [7, 11) is 1.67. The summed E-state index contributed by atoms with van der Waals surface area (Å²) < 4.78 is 10.5. The summed E-state index contributed by atoms with van der Waals surface area (Å²) in [6.07, 6.45) is 2.87. The molecule has 0 aromatic carbocycles. The quantitative estimate of drug-likeness (QED) is 0.603. The molecule has 2 N–H and O–H groups in total. The molecule has 1 aliphatic heterocycles. The van der Waals surface area contributed by atoms with Gasteiger partial charge in [0, 0.05) is 26.7 Å². The van der Waals surface area contributed by atoms with Crippen molar-refractivity contribution in [2.75, 3.05) is 33.4 Å². The molecule has 1 heterocycles. The number of methoxy groups -OCH3 is 1. The molecule has 0 spiro atoms. The SMILES string of the molecule is CCC1CCC(C(=O)NCCNCCOC)O1. The number of carbonyl (C=O) groups is 1. The van der Waals surface area contributed by atoms with Crippen molar-refractivity contribution in [3.8, 4) is 0 Å². The molecule has 100 valence electrons. The maximum absolute atomic E-state index is 11.7. The summed E-state index contributed by atoms with van der Waals surface area (Å²) in [6.45, 7) is 4.99. The van der Waals surface area contributed by atoms with Gasteiger partial charge in [0.15, 0.2) is 0 Å². The van der Waals surface area contributed by atoms with Crippen molar-refractivity contribution in [1.82, 2.24) is 10.6 Å². The largest absolute Gasteiger partial charge is 0.383 e. The van der Waals surface area contributed by atoms with E-state index >= 15 is 0 Å². The number of amides is 1. The fraction of sp³-hybridized carbons (Fsp3) is 0.917. The topological polar surface area (TPSA) is 59.6 Å². The average Bonchev–Trinajstić information content (AvgIpc) is 2.82. The van der Waals surface area contributed by atoms with Gasteiger partial charge in [0.2, 0.25) is 5.91 Å². The predicted molar refractivity (Wildman–Crippen MR) is 65.9 cm³/mol. The van der Waals surface area contributed by atoms with Crippen LogP contribution in [0.25, 0.3) is 0 Å². The summed E-state index contributed by atoms with van der Waals surface area (Å²) in [5.41, 5.74) is 0. The standard InChI is InChI=1S/C12H24N2O3/c1-3-10-4-5-11(17-10)12(15)14-7-6-13-8-9-16-2/h10-11,13H,3-9H2,1-2H3,(H,14,15). The second-order valence-electron chi connectivity index (χ2n) is 4.27. The molecule has 1 rings (SSSR count). The second-order valence-corrected chi connectivity index (χ2v) is 4.27. The Morgan fingerprint density at radius 1 is 1.35 bits per heavy atom. The minimum atomic E-state index is -0.237. The van der Waals surface area contributed by atoms with E-state index in [4.69, 9.17) is 9.47 Å². The van der Waals surface area contributed by atoms with E-state index < -0.39 is 0 Å². The lowest BCUT2D eigenvalue weighted by atomic mass is 10.1. The Kier molecular flexibility index (Phi) is 7.16. The molecule has 5 heteroatoms. The number of nitrogens with one attached hydrogen (secondary N) is 2. The molecule has 0 aliphatic carbocycles. The monoisotopic (exact) mass is 244 g/mol. The van der Waals surface area contributed by atoms with Crippen molar-refractivity contribution < 1.29 is 14.3 Å². The lowest BCUT2D eigenvalue weighted by molar-refractivity contribution is -0.132. The third-order valence-electron chi connectivity index (χ3n) is 2.94. The zero-order valence-corrected chi connectivity index (χ0v) is 10.8. The molecule has 1 aliphatic rings. The molecule has 1 amide bonds. The van der Waals surface area contributed by atoms with Gasteiger partial charge in [-0.2, -0.15) is 0 Å². The molecule has 1 fully saturated rings. The summed E-state index contributed by atoms with van der Waals surface area (Å²) in [4.78, 5) is 11.7. The lowest BCUT2D eigenvalue weighted by Gasteiger charge is -2.12. The Morgan fingerprint density at radius 3 is 2.82 bits per heavy atom. The van der Waals surface area contributed by atoms with E-state index in [0.717, 1.165) is 32.4 Å². The second kappa shape index (κ2) is 8.44. The van der Waals surface area contributed by atoms with E-state index in [0.29, 0.717) is 13.2 Å². The van der Waals surface area contributed by atoms with Gasteiger partial charge in [0.1, 0.15) is 6.10 Å².